The number of nitrogens with zero attached hydrogens (tertiary/aromatic N) is 2. The number of rotatable bonds is 11. The van der Waals surface area contributed by atoms with Crippen LogP contribution < -0.4 is 4.57 Å². The highest BCUT2D eigenvalue weighted by Crippen LogP contribution is 2.10. The summed E-state index contributed by atoms with van der Waals surface area (Å²) >= 11 is 0. The summed E-state index contributed by atoms with van der Waals surface area (Å²) in [7, 11) is 2.14. The molecule has 0 aliphatic rings. The van der Waals surface area contributed by atoms with Crippen molar-refractivity contribution in [1.29, 1.82) is 0 Å². The fourth-order valence-electron chi connectivity index (χ4n) is 2.80. The van der Waals surface area contributed by atoms with Crippen molar-refractivity contribution in [2.75, 3.05) is 0 Å². The van der Waals surface area contributed by atoms with Gasteiger partial charge in [-0.05, 0) is 12.8 Å². The van der Waals surface area contributed by atoms with Crippen molar-refractivity contribution in [2.45, 2.75) is 84.6 Å². The Morgan fingerprint density at radius 1 is 0.895 bits per heavy atom. The third-order valence-corrected chi connectivity index (χ3v) is 4.03. The van der Waals surface area contributed by atoms with Gasteiger partial charge in [-0.15, -0.1) is 0 Å². The first-order chi connectivity index (χ1) is 9.29. The van der Waals surface area contributed by atoms with Gasteiger partial charge < -0.3 is 0 Å². The maximum absolute atomic E-state index is 2.42. The molecule has 1 aromatic rings. The molecule has 0 amide bonds. The summed E-state index contributed by atoms with van der Waals surface area (Å²) < 4.78 is 4.66. The lowest BCUT2D eigenvalue weighted by Crippen LogP contribution is -2.31. The molecular weight excluding hydrogens is 232 g/mol. The van der Waals surface area contributed by atoms with Gasteiger partial charge >= 0.3 is 0 Å². The van der Waals surface area contributed by atoms with Crippen LogP contribution >= 0.6 is 0 Å². The molecule has 0 N–H and O–H groups in total. The summed E-state index contributed by atoms with van der Waals surface area (Å²) in [5.41, 5.74) is 0. The van der Waals surface area contributed by atoms with Gasteiger partial charge in [0.1, 0.15) is 12.4 Å². The van der Waals surface area contributed by atoms with E-state index in [0.717, 1.165) is 6.42 Å². The third kappa shape index (κ3) is 6.26. The summed E-state index contributed by atoms with van der Waals surface area (Å²) in [5.74, 6) is 1.44. The van der Waals surface area contributed by atoms with Gasteiger partial charge in [-0.2, -0.15) is 0 Å². The molecule has 2 nitrogen and oxygen atoms in total. The zero-order valence-electron chi connectivity index (χ0n) is 13.3. The Morgan fingerprint density at radius 3 is 2.05 bits per heavy atom. The lowest BCUT2D eigenvalue weighted by Gasteiger charge is -2.02. The normalized spacial score (nSPS) is 11.1. The second kappa shape index (κ2) is 10.1. The predicted octanol–water partition coefficient (Wildman–Crippen LogP) is 4.41. The molecular formula is C17H33N2+. The molecule has 0 atom stereocenters. The van der Waals surface area contributed by atoms with Crippen LogP contribution in [0, 0.1) is 0 Å². The number of hydrogen-bond donors (Lipinski definition) is 0. The molecule has 0 fully saturated rings. The van der Waals surface area contributed by atoms with Crippen molar-refractivity contribution >= 4 is 0 Å². The molecule has 19 heavy (non-hydrogen) atoms. The summed E-state index contributed by atoms with van der Waals surface area (Å²) in [6.07, 6.45) is 18.2. The van der Waals surface area contributed by atoms with E-state index >= 15 is 0 Å². The van der Waals surface area contributed by atoms with Gasteiger partial charge in [-0.1, -0.05) is 58.8 Å². The first-order valence-corrected chi connectivity index (χ1v) is 8.33. The van der Waals surface area contributed by atoms with Crippen molar-refractivity contribution in [2.24, 2.45) is 7.05 Å². The monoisotopic (exact) mass is 265 g/mol. The van der Waals surface area contributed by atoms with Gasteiger partial charge in [0.25, 0.3) is 5.82 Å². The summed E-state index contributed by atoms with van der Waals surface area (Å²) in [6, 6.07) is 0. The van der Waals surface area contributed by atoms with E-state index in [9.17, 15) is 0 Å². The van der Waals surface area contributed by atoms with Crippen molar-refractivity contribution in [3.05, 3.63) is 18.2 Å². The highest BCUT2D eigenvalue weighted by molar-refractivity contribution is 4.82. The molecule has 1 rings (SSSR count). The van der Waals surface area contributed by atoms with Crippen molar-refractivity contribution < 1.29 is 4.57 Å². The van der Waals surface area contributed by atoms with E-state index in [1.54, 1.807) is 0 Å². The standard InChI is InChI=1S/C17H33N2/c1-4-6-7-8-9-10-11-12-13-14-19-16-15-18(3)17(19)5-2/h15-16H,4-14H2,1-3H3/q+1. The van der Waals surface area contributed by atoms with Crippen LogP contribution in [0.15, 0.2) is 12.4 Å². The van der Waals surface area contributed by atoms with E-state index < -0.39 is 0 Å². The number of aromatic nitrogens is 2. The Morgan fingerprint density at radius 2 is 1.47 bits per heavy atom. The van der Waals surface area contributed by atoms with E-state index in [2.05, 4.69) is 42.4 Å². The maximum atomic E-state index is 2.42. The number of unbranched alkanes of at least 4 members (excludes halogenated alkanes) is 8. The van der Waals surface area contributed by atoms with Gasteiger partial charge in [0, 0.05) is 6.42 Å². The number of hydrogen-bond acceptors (Lipinski definition) is 0. The molecule has 1 aromatic heterocycles. The lowest BCUT2D eigenvalue weighted by atomic mass is 10.1. The van der Waals surface area contributed by atoms with Crippen LogP contribution in [0.3, 0.4) is 0 Å². The van der Waals surface area contributed by atoms with E-state index in [1.165, 1.54) is 70.2 Å². The first-order valence-electron chi connectivity index (χ1n) is 8.33. The topological polar surface area (TPSA) is 8.81 Å². The Kier molecular flexibility index (Phi) is 8.61. The van der Waals surface area contributed by atoms with Gasteiger partial charge in [-0.25, -0.2) is 9.13 Å². The van der Waals surface area contributed by atoms with Gasteiger partial charge in [-0.3, -0.25) is 0 Å². The second-order valence-corrected chi connectivity index (χ2v) is 5.70. The van der Waals surface area contributed by atoms with Gasteiger partial charge in [0.15, 0.2) is 0 Å². The first kappa shape index (κ1) is 16.3. The second-order valence-electron chi connectivity index (χ2n) is 5.70. The zero-order chi connectivity index (χ0) is 13.9. The molecule has 0 saturated carbocycles. The molecule has 0 aromatic carbocycles. The summed E-state index contributed by atoms with van der Waals surface area (Å²) in [6.45, 7) is 5.72. The fraction of sp³-hybridized carbons (Fsp3) is 0.824. The third-order valence-electron chi connectivity index (χ3n) is 4.03. The zero-order valence-corrected chi connectivity index (χ0v) is 13.3. The summed E-state index contributed by atoms with van der Waals surface area (Å²) in [5, 5.41) is 0. The van der Waals surface area contributed by atoms with Gasteiger partial charge in [0.05, 0.1) is 13.6 Å². The minimum atomic E-state index is 1.13. The molecule has 110 valence electrons. The van der Waals surface area contributed by atoms with Crippen LogP contribution in [0.25, 0.3) is 0 Å². The quantitative estimate of drug-likeness (QED) is 0.414. The molecule has 0 aliphatic carbocycles. The lowest BCUT2D eigenvalue weighted by molar-refractivity contribution is -0.678. The largest absolute Gasteiger partial charge is 0.255 e. The molecule has 0 unspecified atom stereocenters. The van der Waals surface area contributed by atoms with Crippen LogP contribution in [-0.2, 0) is 20.0 Å². The van der Waals surface area contributed by atoms with Crippen LogP contribution in [0.4, 0.5) is 0 Å². The molecule has 0 bridgehead atoms. The Labute approximate surface area is 119 Å². The molecule has 0 aliphatic heterocycles. The highest BCUT2D eigenvalue weighted by Gasteiger charge is 2.10. The predicted molar refractivity (Wildman–Crippen MR) is 82.2 cm³/mol. The SMILES string of the molecule is CCCCCCCCCCCn1cc[n+](C)c1CC. The average molecular weight is 265 g/mol. The summed E-state index contributed by atoms with van der Waals surface area (Å²) in [4.78, 5) is 0. The minimum absolute atomic E-state index is 1.13. The Hall–Kier alpha value is -0.790. The number of aryl methyl sites for hydroxylation is 2. The molecule has 0 spiro atoms. The van der Waals surface area contributed by atoms with Gasteiger partial charge in [0.2, 0.25) is 0 Å². The van der Waals surface area contributed by atoms with E-state index in [-0.39, 0.29) is 0 Å². The van der Waals surface area contributed by atoms with Crippen LogP contribution in [-0.4, -0.2) is 4.57 Å². The molecule has 0 saturated heterocycles. The molecule has 2 heteroatoms. The van der Waals surface area contributed by atoms with Crippen LogP contribution in [0.2, 0.25) is 0 Å². The van der Waals surface area contributed by atoms with E-state index in [1.807, 2.05) is 0 Å². The van der Waals surface area contributed by atoms with Crippen LogP contribution in [0.1, 0.15) is 77.5 Å². The average Bonchev–Trinajstić information content (AvgIpc) is 2.77. The molecule has 1 heterocycles. The van der Waals surface area contributed by atoms with E-state index in [0.29, 0.717) is 0 Å². The Bertz CT molecular complexity index is 328. The smallest absolute Gasteiger partial charge is 0.237 e. The van der Waals surface area contributed by atoms with E-state index in [4.69, 9.17) is 0 Å². The van der Waals surface area contributed by atoms with Crippen molar-refractivity contribution in [1.82, 2.24) is 4.57 Å². The Balaban J connectivity index is 2.01. The van der Waals surface area contributed by atoms with Crippen molar-refractivity contribution in [3.8, 4) is 0 Å². The minimum Gasteiger partial charge on any atom is -0.237 e. The fourth-order valence-corrected chi connectivity index (χ4v) is 2.80. The highest BCUT2D eigenvalue weighted by atomic mass is 15.1. The van der Waals surface area contributed by atoms with Crippen molar-refractivity contribution in [3.63, 3.8) is 0 Å². The molecule has 0 radical (unpaired) electrons. The number of imidazole rings is 1. The maximum Gasteiger partial charge on any atom is 0.255 e. The van der Waals surface area contributed by atoms with Crippen LogP contribution in [0.5, 0.6) is 0 Å².